The highest BCUT2D eigenvalue weighted by Gasteiger charge is 2.52. The molecule has 1 N–H and O–H groups in total. The maximum Gasteiger partial charge on any atom is 0.228 e. The zero-order chi connectivity index (χ0) is 19.3. The van der Waals surface area contributed by atoms with Crippen LogP contribution in [-0.2, 0) is 15.6 Å². The van der Waals surface area contributed by atoms with E-state index >= 15 is 0 Å². The third-order valence-electron chi connectivity index (χ3n) is 6.57. The molecule has 0 aromatic heterocycles. The first-order valence-corrected chi connectivity index (χ1v) is 12.5. The molecule has 1 fully saturated rings. The molecule has 1 heterocycles. The topological polar surface area (TPSA) is 55.4 Å². The minimum absolute atomic E-state index is 0.0212. The molecule has 0 bridgehead atoms. The van der Waals surface area contributed by atoms with Crippen LogP contribution in [-0.4, -0.2) is 32.2 Å². The van der Waals surface area contributed by atoms with Gasteiger partial charge in [0.15, 0.2) is 14.1 Å². The van der Waals surface area contributed by atoms with E-state index in [1.54, 1.807) is 0 Å². The van der Waals surface area contributed by atoms with Gasteiger partial charge in [0, 0.05) is 11.5 Å². The normalized spacial score (nSPS) is 27.4. The molecule has 3 rings (SSSR count). The van der Waals surface area contributed by atoms with Gasteiger partial charge >= 0.3 is 0 Å². The van der Waals surface area contributed by atoms with Crippen LogP contribution in [0.25, 0.3) is 0 Å². The second kappa shape index (κ2) is 6.61. The van der Waals surface area contributed by atoms with Crippen LogP contribution in [0.15, 0.2) is 24.3 Å². The number of Topliss-reactive ketones (excluding diaryl/α,β-unsaturated/α-hetero) is 1. The molecule has 1 aromatic rings. The summed E-state index contributed by atoms with van der Waals surface area (Å²) in [5, 5.41) is 3.10. The minimum Gasteiger partial charge on any atom is -0.413 e. The van der Waals surface area contributed by atoms with Gasteiger partial charge < -0.3 is 9.74 Å². The van der Waals surface area contributed by atoms with Crippen molar-refractivity contribution in [1.82, 2.24) is 5.32 Å². The zero-order valence-electron chi connectivity index (χ0n) is 16.8. The second-order valence-electron chi connectivity index (χ2n) is 9.31. The summed E-state index contributed by atoms with van der Waals surface area (Å²) in [4.78, 5) is 25.3. The fraction of sp³-hybridized carbons (Fsp3) is 0.619. The molecule has 1 saturated heterocycles. The van der Waals surface area contributed by atoms with E-state index in [0.29, 0.717) is 0 Å². The molecule has 0 saturated carbocycles. The maximum atomic E-state index is 13.0. The van der Waals surface area contributed by atoms with E-state index in [1.165, 1.54) is 0 Å². The van der Waals surface area contributed by atoms with Crippen LogP contribution in [0.5, 0.6) is 0 Å². The molecule has 0 radical (unpaired) electrons. The average Bonchev–Trinajstić information content (AvgIpc) is 2.52. The molecular weight excluding hydrogens is 342 g/mol. The molecule has 0 spiro atoms. The molecule has 1 aliphatic carbocycles. The van der Waals surface area contributed by atoms with E-state index < -0.39 is 8.32 Å². The van der Waals surface area contributed by atoms with Gasteiger partial charge in [-0.15, -0.1) is 0 Å². The number of aryl methyl sites for hydroxylation is 1. The number of hydrogen-bond acceptors (Lipinski definition) is 3. The molecule has 5 heteroatoms. The number of carbonyl (C=O) groups excluding carboxylic acids is 2. The minimum atomic E-state index is -1.96. The van der Waals surface area contributed by atoms with Crippen LogP contribution in [0, 0.1) is 11.8 Å². The van der Waals surface area contributed by atoms with Crippen molar-refractivity contribution < 1.29 is 14.0 Å². The van der Waals surface area contributed by atoms with Gasteiger partial charge in [-0.3, -0.25) is 9.59 Å². The molecule has 26 heavy (non-hydrogen) atoms. The third kappa shape index (κ3) is 3.27. The van der Waals surface area contributed by atoms with Crippen molar-refractivity contribution >= 4 is 20.0 Å². The lowest BCUT2D eigenvalue weighted by Crippen LogP contribution is -2.67. The number of ketones is 1. The first-order chi connectivity index (χ1) is 12.0. The highest BCUT2D eigenvalue weighted by atomic mass is 28.4. The first-order valence-electron chi connectivity index (χ1n) is 9.63. The van der Waals surface area contributed by atoms with Gasteiger partial charge in [0.25, 0.3) is 0 Å². The quantitative estimate of drug-likeness (QED) is 0.642. The lowest BCUT2D eigenvalue weighted by molar-refractivity contribution is -0.141. The van der Waals surface area contributed by atoms with Crippen molar-refractivity contribution in [2.75, 3.05) is 0 Å². The standard InChI is InChI=1S/C21H31NO3Si/c1-13(25-26(5,6)21(2,3)4)17-18(22-20(17)24)16-12-11-14-9-7-8-10-15(14)19(16)23/h7-10,13,16-18H,11-12H2,1-6H3,(H,22,24)/t13-,16+,17-,18-/m1/s1. The summed E-state index contributed by atoms with van der Waals surface area (Å²) in [6.45, 7) is 13.0. The van der Waals surface area contributed by atoms with Gasteiger partial charge in [-0.25, -0.2) is 0 Å². The fourth-order valence-electron chi connectivity index (χ4n) is 3.95. The van der Waals surface area contributed by atoms with Crippen LogP contribution >= 0.6 is 0 Å². The molecule has 4 nitrogen and oxygen atoms in total. The van der Waals surface area contributed by atoms with Crippen LogP contribution in [0.2, 0.25) is 18.1 Å². The molecule has 2 aliphatic rings. The van der Waals surface area contributed by atoms with Gasteiger partial charge in [-0.2, -0.15) is 0 Å². The molecule has 142 valence electrons. The van der Waals surface area contributed by atoms with Gasteiger partial charge in [-0.1, -0.05) is 45.0 Å². The summed E-state index contributed by atoms with van der Waals surface area (Å²) in [5.41, 5.74) is 1.95. The largest absolute Gasteiger partial charge is 0.413 e. The highest BCUT2D eigenvalue weighted by molar-refractivity contribution is 6.74. The number of nitrogens with one attached hydrogen (secondary N) is 1. The Balaban J connectivity index is 1.76. The van der Waals surface area contributed by atoms with E-state index in [4.69, 9.17) is 4.43 Å². The Hall–Kier alpha value is -1.46. The lowest BCUT2D eigenvalue weighted by Gasteiger charge is -2.48. The average molecular weight is 374 g/mol. The van der Waals surface area contributed by atoms with Crippen LogP contribution in [0.4, 0.5) is 0 Å². The zero-order valence-corrected chi connectivity index (χ0v) is 17.8. The van der Waals surface area contributed by atoms with Crippen molar-refractivity contribution in [3.05, 3.63) is 35.4 Å². The number of benzene rings is 1. The summed E-state index contributed by atoms with van der Waals surface area (Å²) in [7, 11) is -1.96. The maximum absolute atomic E-state index is 13.0. The number of hydrogen-bond donors (Lipinski definition) is 1. The van der Waals surface area contributed by atoms with E-state index in [-0.39, 0.29) is 40.7 Å². The number of rotatable bonds is 4. The Kier molecular flexibility index (Phi) is 4.91. The number of β-lactam (4-membered cyclic amide) rings is 1. The highest BCUT2D eigenvalue weighted by Crippen LogP contribution is 2.41. The Morgan fingerprint density at radius 2 is 1.85 bits per heavy atom. The van der Waals surface area contributed by atoms with Gasteiger partial charge in [0.2, 0.25) is 5.91 Å². The predicted molar refractivity (Wildman–Crippen MR) is 106 cm³/mol. The number of carbonyl (C=O) groups is 2. The Morgan fingerprint density at radius 3 is 2.46 bits per heavy atom. The van der Waals surface area contributed by atoms with Crippen molar-refractivity contribution in [3.8, 4) is 0 Å². The first kappa shape index (κ1) is 19.3. The summed E-state index contributed by atoms with van der Waals surface area (Å²) in [5.74, 6) is -0.185. The molecule has 1 aromatic carbocycles. The van der Waals surface area contributed by atoms with E-state index in [0.717, 1.165) is 24.0 Å². The third-order valence-corrected chi connectivity index (χ3v) is 11.1. The smallest absolute Gasteiger partial charge is 0.228 e. The Bertz CT molecular complexity index is 722. The lowest BCUT2D eigenvalue weighted by atomic mass is 9.70. The van der Waals surface area contributed by atoms with Gasteiger partial charge in [-0.05, 0) is 43.5 Å². The number of amides is 1. The molecule has 4 atom stereocenters. The predicted octanol–water partition coefficient (Wildman–Crippen LogP) is 3.96. The second-order valence-corrected chi connectivity index (χ2v) is 14.1. The monoisotopic (exact) mass is 373 g/mol. The van der Waals surface area contributed by atoms with Crippen molar-refractivity contribution in [2.24, 2.45) is 11.8 Å². The summed E-state index contributed by atoms with van der Waals surface area (Å²) in [6, 6.07) is 7.73. The summed E-state index contributed by atoms with van der Waals surface area (Å²) in [6.07, 6.45) is 1.52. The summed E-state index contributed by atoms with van der Waals surface area (Å²) < 4.78 is 6.47. The Labute approximate surface area is 157 Å². The molecular formula is C21H31NO3Si. The van der Waals surface area contributed by atoms with Crippen LogP contribution < -0.4 is 5.32 Å². The molecule has 0 unspecified atom stereocenters. The van der Waals surface area contributed by atoms with Crippen molar-refractivity contribution in [1.29, 1.82) is 0 Å². The molecule has 1 aliphatic heterocycles. The van der Waals surface area contributed by atoms with Crippen molar-refractivity contribution in [3.63, 3.8) is 0 Å². The fourth-order valence-corrected chi connectivity index (χ4v) is 5.38. The summed E-state index contributed by atoms with van der Waals surface area (Å²) >= 11 is 0. The van der Waals surface area contributed by atoms with Crippen molar-refractivity contribution in [2.45, 2.75) is 70.8 Å². The van der Waals surface area contributed by atoms with E-state index in [2.05, 4.69) is 39.2 Å². The SMILES string of the molecule is C[C@@H](O[Si](C)(C)C(C)(C)C)[C@H]1C(=O)N[C@@H]1[C@@H]1CCc2ccccc2C1=O. The molecule has 1 amide bonds. The van der Waals surface area contributed by atoms with Gasteiger partial charge in [0.1, 0.15) is 0 Å². The number of fused-ring (bicyclic) bond motifs is 1. The van der Waals surface area contributed by atoms with Gasteiger partial charge in [0.05, 0.1) is 18.1 Å². The van der Waals surface area contributed by atoms with Crippen LogP contribution in [0.3, 0.4) is 0 Å². The van der Waals surface area contributed by atoms with Crippen LogP contribution in [0.1, 0.15) is 50.0 Å². The van der Waals surface area contributed by atoms with E-state index in [1.807, 2.05) is 31.2 Å². The van der Waals surface area contributed by atoms with E-state index in [9.17, 15) is 9.59 Å². The Morgan fingerprint density at radius 1 is 1.19 bits per heavy atom.